The molecule has 1 aromatic carbocycles. The minimum Gasteiger partial charge on any atom is -0.455 e. The van der Waals surface area contributed by atoms with Gasteiger partial charge in [-0.1, -0.05) is 55.8 Å². The summed E-state index contributed by atoms with van der Waals surface area (Å²) in [5.41, 5.74) is -0.485. The molecule has 3 aliphatic rings. The second kappa shape index (κ2) is 14.3. The standard InChI is InChI=1S/C33H45N3O7/c1-5-8-15-26(38)34-21-25(23-13-10-9-11-14-23)42-32(41)27-24-16-17-33(43-24)28(27)30(39)36(19-20-37)29(33)31(40)35(18-7-3)22(4)12-6-2/h5,7,9-11,13-14,22,24-25,27-29,37H,1,3,6,8,12,15-21H2,2,4H3,(H,34,38)/t22?,24-,25+,27+,28+,29-,33+/m0/s1. The number of ether oxygens (including phenoxy) is 2. The van der Waals surface area contributed by atoms with Crippen molar-refractivity contribution in [1.29, 1.82) is 0 Å². The highest BCUT2D eigenvalue weighted by Gasteiger charge is 2.75. The van der Waals surface area contributed by atoms with Crippen LogP contribution in [0.5, 0.6) is 0 Å². The first-order valence-electron chi connectivity index (χ1n) is 15.4. The Bertz CT molecular complexity index is 1190. The second-order valence-electron chi connectivity index (χ2n) is 11.7. The molecule has 10 nitrogen and oxygen atoms in total. The zero-order valence-corrected chi connectivity index (χ0v) is 25.3. The van der Waals surface area contributed by atoms with Crippen molar-refractivity contribution in [2.45, 2.75) is 82.3 Å². The maximum absolute atomic E-state index is 14.2. The second-order valence-corrected chi connectivity index (χ2v) is 11.7. The summed E-state index contributed by atoms with van der Waals surface area (Å²) in [4.78, 5) is 57.6. The fraction of sp³-hybridized carbons (Fsp3) is 0.576. The SMILES string of the molecule is C=CCCC(=O)NC[C@@H](OC(=O)[C@@H]1[C@@H]2CC[C@]3(O2)[C@H](C(=O)N(CC=C)C(C)CCC)N(CCO)C(=O)[C@@H]13)c1ccccc1. The van der Waals surface area contributed by atoms with Gasteiger partial charge in [0.25, 0.3) is 0 Å². The third-order valence-electron chi connectivity index (χ3n) is 8.98. The van der Waals surface area contributed by atoms with Gasteiger partial charge >= 0.3 is 5.97 Å². The maximum Gasteiger partial charge on any atom is 0.313 e. The van der Waals surface area contributed by atoms with E-state index in [4.69, 9.17) is 9.47 Å². The number of rotatable bonds is 16. The van der Waals surface area contributed by atoms with Crippen molar-refractivity contribution in [2.75, 3.05) is 26.2 Å². The first-order chi connectivity index (χ1) is 20.7. The average Bonchev–Trinajstić information content (AvgIpc) is 3.64. The summed E-state index contributed by atoms with van der Waals surface area (Å²) in [5.74, 6) is -3.25. The maximum atomic E-state index is 14.2. The Morgan fingerprint density at radius 3 is 2.65 bits per heavy atom. The number of nitrogens with zero attached hydrogens (tertiary/aromatic N) is 2. The molecule has 234 valence electrons. The molecule has 10 heteroatoms. The van der Waals surface area contributed by atoms with Gasteiger partial charge in [0.2, 0.25) is 17.7 Å². The Labute approximate surface area is 254 Å². The van der Waals surface area contributed by atoms with Crippen LogP contribution in [0.4, 0.5) is 0 Å². The predicted molar refractivity (Wildman–Crippen MR) is 160 cm³/mol. The first-order valence-corrected chi connectivity index (χ1v) is 15.4. The van der Waals surface area contributed by atoms with Crippen molar-refractivity contribution in [3.8, 4) is 0 Å². The van der Waals surface area contributed by atoms with E-state index in [1.54, 1.807) is 17.1 Å². The fourth-order valence-corrected chi connectivity index (χ4v) is 7.05. The van der Waals surface area contributed by atoms with Gasteiger partial charge in [-0.15, -0.1) is 13.2 Å². The van der Waals surface area contributed by atoms with Crippen LogP contribution < -0.4 is 5.32 Å². The number of carbonyl (C=O) groups is 4. The lowest BCUT2D eigenvalue weighted by atomic mass is 9.70. The number of nitrogens with one attached hydrogen (secondary N) is 1. The Kier molecular flexibility index (Phi) is 10.8. The summed E-state index contributed by atoms with van der Waals surface area (Å²) in [6.45, 7) is 11.5. The molecular weight excluding hydrogens is 550 g/mol. The van der Waals surface area contributed by atoms with Gasteiger partial charge in [0.05, 0.1) is 31.1 Å². The molecule has 1 aromatic rings. The third-order valence-corrected chi connectivity index (χ3v) is 8.98. The number of amides is 3. The van der Waals surface area contributed by atoms with Gasteiger partial charge in [-0.2, -0.15) is 0 Å². The molecule has 3 amide bonds. The van der Waals surface area contributed by atoms with Crippen molar-refractivity contribution in [1.82, 2.24) is 15.1 Å². The van der Waals surface area contributed by atoms with Crippen LogP contribution >= 0.6 is 0 Å². The molecule has 3 heterocycles. The fourth-order valence-electron chi connectivity index (χ4n) is 7.05. The Balaban J connectivity index is 1.61. The number of benzene rings is 1. The summed E-state index contributed by atoms with van der Waals surface area (Å²) in [5, 5.41) is 12.7. The number of esters is 1. The largest absolute Gasteiger partial charge is 0.455 e. The molecule has 3 aliphatic heterocycles. The minimum absolute atomic E-state index is 0.0449. The minimum atomic E-state index is -1.19. The van der Waals surface area contributed by atoms with E-state index in [0.717, 1.165) is 12.8 Å². The number of fused-ring (bicyclic) bond motifs is 1. The summed E-state index contributed by atoms with van der Waals surface area (Å²) >= 11 is 0. The molecule has 1 spiro atoms. The smallest absolute Gasteiger partial charge is 0.313 e. The molecule has 0 radical (unpaired) electrons. The first kappa shape index (κ1) is 32.4. The summed E-state index contributed by atoms with van der Waals surface area (Å²) in [7, 11) is 0. The molecule has 0 aliphatic carbocycles. The number of hydrogen-bond acceptors (Lipinski definition) is 7. The number of likely N-dealkylation sites (tertiary alicyclic amines) is 1. The van der Waals surface area contributed by atoms with E-state index in [1.165, 1.54) is 4.90 Å². The Hall–Kier alpha value is -3.50. The topological polar surface area (TPSA) is 125 Å². The molecule has 7 atom stereocenters. The lowest BCUT2D eigenvalue weighted by molar-refractivity contribution is -0.160. The van der Waals surface area contributed by atoms with Crippen LogP contribution in [0.25, 0.3) is 0 Å². The van der Waals surface area contributed by atoms with Crippen molar-refractivity contribution in [2.24, 2.45) is 11.8 Å². The van der Waals surface area contributed by atoms with Crippen LogP contribution in [0.15, 0.2) is 55.6 Å². The zero-order valence-electron chi connectivity index (χ0n) is 25.3. The van der Waals surface area contributed by atoms with Crippen molar-refractivity contribution in [3.05, 3.63) is 61.2 Å². The van der Waals surface area contributed by atoms with E-state index >= 15 is 0 Å². The van der Waals surface area contributed by atoms with Gasteiger partial charge in [-0.3, -0.25) is 19.2 Å². The monoisotopic (exact) mass is 595 g/mol. The van der Waals surface area contributed by atoms with Gasteiger partial charge < -0.3 is 29.7 Å². The highest BCUT2D eigenvalue weighted by atomic mass is 16.6. The molecule has 4 rings (SSSR count). The van der Waals surface area contributed by atoms with Gasteiger partial charge in [-0.05, 0) is 38.2 Å². The van der Waals surface area contributed by atoms with Gasteiger partial charge in [0, 0.05) is 25.6 Å². The van der Waals surface area contributed by atoms with E-state index in [1.807, 2.05) is 44.2 Å². The van der Waals surface area contributed by atoms with Gasteiger partial charge in [0.15, 0.2) is 0 Å². The summed E-state index contributed by atoms with van der Waals surface area (Å²) in [6.07, 6.45) is 5.37. The van der Waals surface area contributed by atoms with Crippen LogP contribution in [-0.4, -0.2) is 88.6 Å². The highest BCUT2D eigenvalue weighted by molar-refractivity contribution is 5.98. The molecule has 0 saturated carbocycles. The molecule has 2 bridgehead atoms. The van der Waals surface area contributed by atoms with Gasteiger partial charge in [-0.25, -0.2) is 0 Å². The molecule has 0 aromatic heterocycles. The van der Waals surface area contributed by atoms with Crippen molar-refractivity contribution in [3.63, 3.8) is 0 Å². The Morgan fingerprint density at radius 1 is 1.26 bits per heavy atom. The van der Waals surface area contributed by atoms with Crippen molar-refractivity contribution < 1.29 is 33.8 Å². The van der Waals surface area contributed by atoms with E-state index in [-0.39, 0.29) is 49.9 Å². The average molecular weight is 596 g/mol. The normalized spacial score (nSPS) is 26.9. The van der Waals surface area contributed by atoms with Gasteiger partial charge in [0.1, 0.15) is 17.7 Å². The van der Waals surface area contributed by atoms with Crippen LogP contribution in [0, 0.1) is 11.8 Å². The van der Waals surface area contributed by atoms with Crippen molar-refractivity contribution >= 4 is 23.7 Å². The molecule has 2 N–H and O–H groups in total. The zero-order chi connectivity index (χ0) is 31.1. The quantitative estimate of drug-likeness (QED) is 0.222. The van der Waals surface area contributed by atoms with Crippen LogP contribution in [-0.2, 0) is 28.7 Å². The number of β-amino-alcohol motifs (C(OH)–C–C–N with tert-alkyl or cyclic N) is 1. The Morgan fingerprint density at radius 2 is 2.00 bits per heavy atom. The van der Waals surface area contributed by atoms with E-state index in [0.29, 0.717) is 31.4 Å². The highest BCUT2D eigenvalue weighted by Crippen LogP contribution is 2.59. The number of carbonyl (C=O) groups excluding carboxylic acids is 4. The summed E-state index contributed by atoms with van der Waals surface area (Å²) in [6, 6.07) is 8.07. The van der Waals surface area contributed by atoms with E-state index in [9.17, 15) is 24.3 Å². The van der Waals surface area contributed by atoms with Crippen LogP contribution in [0.3, 0.4) is 0 Å². The number of aliphatic hydroxyl groups is 1. The third kappa shape index (κ3) is 6.40. The number of hydrogen-bond donors (Lipinski definition) is 2. The molecule has 1 unspecified atom stereocenters. The predicted octanol–water partition coefficient (Wildman–Crippen LogP) is 2.92. The molecule has 43 heavy (non-hydrogen) atoms. The van der Waals surface area contributed by atoms with Crippen LogP contribution in [0.1, 0.15) is 64.0 Å². The molecule has 3 saturated heterocycles. The molecule has 3 fully saturated rings. The lowest BCUT2D eigenvalue weighted by Gasteiger charge is -2.38. The number of aliphatic hydroxyl groups excluding tert-OH is 1. The molecular formula is C33H45N3O7. The number of allylic oxidation sites excluding steroid dienone is 1. The van der Waals surface area contributed by atoms with Crippen LogP contribution in [0.2, 0.25) is 0 Å². The van der Waals surface area contributed by atoms with E-state index in [2.05, 4.69) is 18.5 Å². The lowest BCUT2D eigenvalue weighted by Crippen LogP contribution is -2.58. The van der Waals surface area contributed by atoms with E-state index < -0.39 is 41.7 Å². The summed E-state index contributed by atoms with van der Waals surface area (Å²) < 4.78 is 12.5.